The van der Waals surface area contributed by atoms with Gasteiger partial charge in [0.1, 0.15) is 6.61 Å². The van der Waals surface area contributed by atoms with Crippen molar-refractivity contribution >= 4 is 0 Å². The van der Waals surface area contributed by atoms with E-state index in [9.17, 15) is 0 Å². The lowest BCUT2D eigenvalue weighted by Crippen LogP contribution is -2.21. The van der Waals surface area contributed by atoms with E-state index in [1.807, 2.05) is 31.4 Å². The van der Waals surface area contributed by atoms with Crippen LogP contribution < -0.4 is 15.2 Å². The zero-order valence-corrected chi connectivity index (χ0v) is 12.9. The molecule has 0 saturated heterocycles. The minimum absolute atomic E-state index is 0.178. The summed E-state index contributed by atoms with van der Waals surface area (Å²) in [6.07, 6.45) is 5.53. The molecule has 1 atom stereocenters. The first kappa shape index (κ1) is 15.4. The molecule has 2 N–H and O–H groups in total. The van der Waals surface area contributed by atoms with E-state index in [2.05, 4.69) is 12.0 Å². The number of benzene rings is 1. The van der Waals surface area contributed by atoms with E-state index >= 15 is 0 Å². The van der Waals surface area contributed by atoms with Crippen LogP contribution in [-0.2, 0) is 20.1 Å². The maximum absolute atomic E-state index is 5.99. The standard InChI is InChI=1S/C16H23N3O2/c1-4-14(17)7-12-5-6-15(16(8-12)20-3)21-11-13-9-18-19(2)10-13/h5-6,8-10,14H,4,7,11,17H2,1-3H3. The molecular formula is C16H23N3O2. The number of hydrogen-bond acceptors (Lipinski definition) is 4. The Kier molecular flexibility index (Phi) is 5.22. The Balaban J connectivity index is 2.05. The van der Waals surface area contributed by atoms with Crippen LogP contribution in [0.15, 0.2) is 30.6 Å². The summed E-state index contributed by atoms with van der Waals surface area (Å²) in [6.45, 7) is 2.56. The predicted molar refractivity (Wildman–Crippen MR) is 82.5 cm³/mol. The normalized spacial score (nSPS) is 12.2. The second-order valence-corrected chi connectivity index (χ2v) is 5.17. The predicted octanol–water partition coefficient (Wildman–Crippen LogP) is 2.29. The van der Waals surface area contributed by atoms with Crippen LogP contribution in [0.25, 0.3) is 0 Å². The number of ether oxygens (including phenoxy) is 2. The van der Waals surface area contributed by atoms with Crippen molar-refractivity contribution in [1.82, 2.24) is 9.78 Å². The molecule has 1 aromatic carbocycles. The van der Waals surface area contributed by atoms with E-state index in [1.54, 1.807) is 18.0 Å². The van der Waals surface area contributed by atoms with Crippen molar-refractivity contribution in [2.75, 3.05) is 7.11 Å². The molecule has 0 bridgehead atoms. The summed E-state index contributed by atoms with van der Waals surface area (Å²) in [6, 6.07) is 6.15. The summed E-state index contributed by atoms with van der Waals surface area (Å²) in [4.78, 5) is 0. The fraction of sp³-hybridized carbons (Fsp3) is 0.438. The Morgan fingerprint density at radius 3 is 2.71 bits per heavy atom. The first-order valence-electron chi connectivity index (χ1n) is 7.15. The van der Waals surface area contributed by atoms with Crippen molar-refractivity contribution in [1.29, 1.82) is 0 Å². The number of rotatable bonds is 7. The van der Waals surface area contributed by atoms with Gasteiger partial charge in [-0.3, -0.25) is 4.68 Å². The number of nitrogens with two attached hydrogens (primary N) is 1. The second kappa shape index (κ2) is 7.13. The van der Waals surface area contributed by atoms with Crippen LogP contribution >= 0.6 is 0 Å². The first-order chi connectivity index (χ1) is 10.1. The lowest BCUT2D eigenvalue weighted by atomic mass is 10.0. The van der Waals surface area contributed by atoms with Crippen molar-refractivity contribution in [3.8, 4) is 11.5 Å². The van der Waals surface area contributed by atoms with E-state index in [-0.39, 0.29) is 6.04 Å². The van der Waals surface area contributed by atoms with Gasteiger partial charge in [-0.1, -0.05) is 13.0 Å². The van der Waals surface area contributed by atoms with E-state index < -0.39 is 0 Å². The number of aryl methyl sites for hydroxylation is 1. The number of methoxy groups -OCH3 is 1. The first-order valence-corrected chi connectivity index (χ1v) is 7.15. The van der Waals surface area contributed by atoms with Crippen molar-refractivity contribution in [2.24, 2.45) is 12.8 Å². The van der Waals surface area contributed by atoms with E-state index in [4.69, 9.17) is 15.2 Å². The van der Waals surface area contributed by atoms with E-state index in [1.165, 1.54) is 0 Å². The van der Waals surface area contributed by atoms with Crippen molar-refractivity contribution in [3.05, 3.63) is 41.7 Å². The molecule has 0 saturated carbocycles. The van der Waals surface area contributed by atoms with Crippen LogP contribution in [0.4, 0.5) is 0 Å². The van der Waals surface area contributed by atoms with Gasteiger partial charge in [-0.15, -0.1) is 0 Å². The van der Waals surface area contributed by atoms with Gasteiger partial charge in [0.15, 0.2) is 11.5 Å². The monoisotopic (exact) mass is 289 g/mol. The van der Waals surface area contributed by atoms with Gasteiger partial charge < -0.3 is 15.2 Å². The van der Waals surface area contributed by atoms with Gasteiger partial charge >= 0.3 is 0 Å². The third kappa shape index (κ3) is 4.23. The topological polar surface area (TPSA) is 62.3 Å². The molecule has 114 valence electrons. The highest BCUT2D eigenvalue weighted by Gasteiger charge is 2.09. The van der Waals surface area contributed by atoms with Gasteiger partial charge in [0.2, 0.25) is 0 Å². The third-order valence-electron chi connectivity index (χ3n) is 3.40. The van der Waals surface area contributed by atoms with Crippen LogP contribution in [0, 0.1) is 0 Å². The Labute approximate surface area is 125 Å². The Hall–Kier alpha value is -2.01. The molecular weight excluding hydrogens is 266 g/mol. The largest absolute Gasteiger partial charge is 0.493 e. The summed E-state index contributed by atoms with van der Waals surface area (Å²) in [5.41, 5.74) is 8.18. The summed E-state index contributed by atoms with van der Waals surface area (Å²) in [7, 11) is 3.53. The highest BCUT2D eigenvalue weighted by molar-refractivity contribution is 5.43. The van der Waals surface area contributed by atoms with Crippen molar-refractivity contribution in [2.45, 2.75) is 32.4 Å². The van der Waals surface area contributed by atoms with Gasteiger partial charge in [-0.25, -0.2) is 0 Å². The maximum Gasteiger partial charge on any atom is 0.161 e. The van der Waals surface area contributed by atoms with E-state index in [0.717, 1.165) is 35.5 Å². The smallest absolute Gasteiger partial charge is 0.161 e. The third-order valence-corrected chi connectivity index (χ3v) is 3.40. The molecule has 0 radical (unpaired) electrons. The Morgan fingerprint density at radius 2 is 2.10 bits per heavy atom. The van der Waals surface area contributed by atoms with Crippen LogP contribution in [0.2, 0.25) is 0 Å². The molecule has 2 aromatic rings. The van der Waals surface area contributed by atoms with Gasteiger partial charge in [-0.05, 0) is 30.5 Å². The molecule has 1 unspecified atom stereocenters. The van der Waals surface area contributed by atoms with Crippen LogP contribution in [0.5, 0.6) is 11.5 Å². The summed E-state index contributed by atoms with van der Waals surface area (Å²) in [5, 5.41) is 4.12. The summed E-state index contributed by atoms with van der Waals surface area (Å²) < 4.78 is 13.0. The number of aromatic nitrogens is 2. The highest BCUT2D eigenvalue weighted by Crippen LogP contribution is 2.29. The van der Waals surface area contributed by atoms with Crippen molar-refractivity contribution < 1.29 is 9.47 Å². The fourth-order valence-electron chi connectivity index (χ4n) is 2.11. The average molecular weight is 289 g/mol. The summed E-state index contributed by atoms with van der Waals surface area (Å²) in [5.74, 6) is 1.47. The van der Waals surface area contributed by atoms with Crippen molar-refractivity contribution in [3.63, 3.8) is 0 Å². The fourth-order valence-corrected chi connectivity index (χ4v) is 2.11. The minimum Gasteiger partial charge on any atom is -0.493 e. The van der Waals surface area contributed by atoms with Crippen LogP contribution in [0.3, 0.4) is 0 Å². The molecule has 0 aliphatic heterocycles. The molecule has 1 aromatic heterocycles. The van der Waals surface area contributed by atoms with Crippen LogP contribution in [-0.4, -0.2) is 22.9 Å². The van der Waals surface area contributed by atoms with Gasteiger partial charge in [0.05, 0.1) is 13.3 Å². The molecule has 5 heteroatoms. The van der Waals surface area contributed by atoms with Gasteiger partial charge in [-0.2, -0.15) is 5.10 Å². The van der Waals surface area contributed by atoms with Crippen LogP contribution in [0.1, 0.15) is 24.5 Å². The number of nitrogens with zero attached hydrogens (tertiary/aromatic N) is 2. The highest BCUT2D eigenvalue weighted by atomic mass is 16.5. The molecule has 0 aliphatic rings. The summed E-state index contributed by atoms with van der Waals surface area (Å²) >= 11 is 0. The van der Waals surface area contributed by atoms with Gasteiger partial charge in [0.25, 0.3) is 0 Å². The quantitative estimate of drug-likeness (QED) is 0.849. The molecule has 0 fully saturated rings. The maximum atomic E-state index is 5.99. The lowest BCUT2D eigenvalue weighted by Gasteiger charge is -2.13. The molecule has 1 heterocycles. The molecule has 5 nitrogen and oxygen atoms in total. The zero-order chi connectivity index (χ0) is 15.2. The lowest BCUT2D eigenvalue weighted by molar-refractivity contribution is 0.284. The molecule has 21 heavy (non-hydrogen) atoms. The molecule has 0 amide bonds. The molecule has 0 aliphatic carbocycles. The molecule has 2 rings (SSSR count). The number of hydrogen-bond donors (Lipinski definition) is 1. The van der Waals surface area contributed by atoms with Gasteiger partial charge in [0, 0.05) is 24.8 Å². The SMILES string of the molecule is CCC(N)Cc1ccc(OCc2cnn(C)c2)c(OC)c1. The Bertz CT molecular complexity index is 581. The average Bonchev–Trinajstić information content (AvgIpc) is 2.91. The molecule has 0 spiro atoms. The Morgan fingerprint density at radius 1 is 1.29 bits per heavy atom. The van der Waals surface area contributed by atoms with E-state index in [0.29, 0.717) is 6.61 Å². The second-order valence-electron chi connectivity index (χ2n) is 5.17. The zero-order valence-electron chi connectivity index (χ0n) is 12.9. The minimum atomic E-state index is 0.178.